The van der Waals surface area contributed by atoms with Gasteiger partial charge in [-0.15, -0.1) is 11.3 Å². The van der Waals surface area contributed by atoms with Gasteiger partial charge in [-0.05, 0) is 13.1 Å². The second kappa shape index (κ2) is 6.08. The molecule has 0 saturated carbocycles. The molecule has 0 aliphatic rings. The van der Waals surface area contributed by atoms with E-state index in [1.807, 2.05) is 13.8 Å². The normalized spacial score (nSPS) is 12.6. The summed E-state index contributed by atoms with van der Waals surface area (Å²) >= 11 is 1.35. The van der Waals surface area contributed by atoms with Crippen LogP contribution < -0.4 is 10.5 Å². The third-order valence-corrected chi connectivity index (χ3v) is 5.37. The van der Waals surface area contributed by atoms with Crippen molar-refractivity contribution in [2.75, 3.05) is 31.9 Å². The number of likely N-dealkylation sites (N-methyl/N-ethyl adjacent to an activating group) is 1. The van der Waals surface area contributed by atoms with Crippen LogP contribution in [0.1, 0.15) is 13.8 Å². The first-order valence-corrected chi connectivity index (χ1v) is 8.79. The molecule has 7 nitrogen and oxygen atoms in total. The molecule has 0 aromatic carbocycles. The molecule has 0 saturated heterocycles. The fourth-order valence-corrected chi connectivity index (χ4v) is 4.00. The summed E-state index contributed by atoms with van der Waals surface area (Å²) in [5.74, 6) is 0.0344. The Labute approximate surface area is 122 Å². The van der Waals surface area contributed by atoms with Crippen LogP contribution in [-0.4, -0.2) is 48.9 Å². The van der Waals surface area contributed by atoms with E-state index in [1.54, 1.807) is 11.6 Å². The molecule has 0 bridgehead atoms. The van der Waals surface area contributed by atoms with Crippen molar-refractivity contribution in [1.82, 2.24) is 19.0 Å². The second-order valence-corrected chi connectivity index (χ2v) is 6.84. The number of thiazole rings is 1. The zero-order valence-electron chi connectivity index (χ0n) is 11.5. The molecule has 0 aliphatic heterocycles. The number of hydrogen-bond acceptors (Lipinski definition) is 6. The smallest absolute Gasteiger partial charge is 0.260 e. The topological polar surface area (TPSA) is 92.7 Å². The first kappa shape index (κ1) is 15.2. The van der Waals surface area contributed by atoms with Gasteiger partial charge in [0, 0.05) is 24.7 Å². The van der Waals surface area contributed by atoms with Gasteiger partial charge in [0.15, 0.2) is 15.8 Å². The summed E-state index contributed by atoms with van der Waals surface area (Å²) in [4.78, 5) is 6.76. The molecule has 0 aliphatic carbocycles. The third-order valence-electron chi connectivity index (χ3n) is 3.11. The Morgan fingerprint density at radius 1 is 1.45 bits per heavy atom. The molecule has 112 valence electrons. The van der Waals surface area contributed by atoms with Crippen LogP contribution in [0.5, 0.6) is 0 Å². The van der Waals surface area contributed by atoms with Gasteiger partial charge in [-0.3, -0.25) is 4.40 Å². The molecule has 0 atom stereocenters. The van der Waals surface area contributed by atoms with Crippen LogP contribution in [0.25, 0.3) is 4.96 Å². The molecule has 3 N–H and O–H groups in total. The zero-order chi connectivity index (χ0) is 14.8. The highest BCUT2D eigenvalue weighted by Crippen LogP contribution is 2.22. The van der Waals surface area contributed by atoms with E-state index in [2.05, 4.69) is 14.6 Å². The van der Waals surface area contributed by atoms with Crippen molar-refractivity contribution in [3.05, 3.63) is 11.6 Å². The Bertz CT molecular complexity index is 672. The molecule has 20 heavy (non-hydrogen) atoms. The number of nitrogens with one attached hydrogen (secondary N) is 1. The Balaban J connectivity index is 2.14. The van der Waals surface area contributed by atoms with Gasteiger partial charge in [-0.2, -0.15) is 0 Å². The first-order chi connectivity index (χ1) is 9.49. The van der Waals surface area contributed by atoms with Gasteiger partial charge in [-0.1, -0.05) is 13.8 Å². The molecule has 2 aromatic heterocycles. The summed E-state index contributed by atoms with van der Waals surface area (Å²) in [7, 11) is -3.65. The molecule has 2 heterocycles. The highest BCUT2D eigenvalue weighted by molar-refractivity contribution is 7.89. The third kappa shape index (κ3) is 2.95. The maximum atomic E-state index is 12.3. The Hall–Kier alpha value is -1.16. The highest BCUT2D eigenvalue weighted by Gasteiger charge is 2.24. The lowest BCUT2D eigenvalue weighted by Gasteiger charge is -2.17. The zero-order valence-corrected chi connectivity index (χ0v) is 13.2. The van der Waals surface area contributed by atoms with Crippen molar-refractivity contribution in [3.63, 3.8) is 0 Å². The molecule has 9 heteroatoms. The Kier molecular flexibility index (Phi) is 4.63. The van der Waals surface area contributed by atoms with E-state index in [0.29, 0.717) is 18.1 Å². The van der Waals surface area contributed by atoms with Crippen molar-refractivity contribution in [2.24, 2.45) is 0 Å². The lowest BCUT2D eigenvalue weighted by Crippen LogP contribution is -2.35. The lowest BCUT2D eigenvalue weighted by atomic mass is 10.5. The fraction of sp³-hybridized carbons (Fsp3) is 0.545. The van der Waals surface area contributed by atoms with Crippen molar-refractivity contribution in [1.29, 1.82) is 0 Å². The molecular formula is C11H19N5O2S2. The quantitative estimate of drug-likeness (QED) is 0.780. The van der Waals surface area contributed by atoms with Gasteiger partial charge in [-0.25, -0.2) is 18.1 Å². The van der Waals surface area contributed by atoms with E-state index in [0.717, 1.165) is 13.1 Å². The van der Waals surface area contributed by atoms with Gasteiger partial charge in [0.1, 0.15) is 0 Å². The van der Waals surface area contributed by atoms with Crippen LogP contribution in [-0.2, 0) is 10.0 Å². The molecule has 0 spiro atoms. The number of sulfonamides is 1. The van der Waals surface area contributed by atoms with Gasteiger partial charge in [0.2, 0.25) is 0 Å². The molecule has 0 radical (unpaired) electrons. The summed E-state index contributed by atoms with van der Waals surface area (Å²) in [6.45, 7) is 6.88. The molecule has 0 amide bonds. The predicted octanol–water partition coefficient (Wildman–Crippen LogP) is 0.598. The average molecular weight is 317 g/mol. The standard InChI is InChI=1S/C11H19N5O2S2/c1-3-15(4-2)6-5-13-20(17,18)10-9(12)14-11-16(10)7-8-19-11/h7-8,13H,3-6,12H2,1-2H3. The van der Waals surface area contributed by atoms with Crippen LogP contribution >= 0.6 is 11.3 Å². The molecule has 2 rings (SSSR count). The molecule has 0 fully saturated rings. The molecule has 2 aromatic rings. The van der Waals surface area contributed by atoms with E-state index in [1.165, 1.54) is 15.7 Å². The van der Waals surface area contributed by atoms with E-state index in [9.17, 15) is 8.42 Å². The number of nitrogens with two attached hydrogens (primary N) is 1. The summed E-state index contributed by atoms with van der Waals surface area (Å²) in [6, 6.07) is 0. The number of imidazole rings is 1. The number of fused-ring (bicyclic) bond motifs is 1. The van der Waals surface area contributed by atoms with Gasteiger partial charge in [0.25, 0.3) is 10.0 Å². The fourth-order valence-electron chi connectivity index (χ4n) is 2.00. The maximum Gasteiger partial charge on any atom is 0.260 e. The summed E-state index contributed by atoms with van der Waals surface area (Å²) in [5.41, 5.74) is 5.71. The Morgan fingerprint density at radius 2 is 2.15 bits per heavy atom. The predicted molar refractivity (Wildman–Crippen MR) is 80.5 cm³/mol. The number of rotatable bonds is 7. The highest BCUT2D eigenvalue weighted by atomic mass is 32.2. The number of nitrogens with zero attached hydrogens (tertiary/aromatic N) is 3. The minimum atomic E-state index is -3.65. The number of anilines is 1. The average Bonchev–Trinajstić information content (AvgIpc) is 2.93. The largest absolute Gasteiger partial charge is 0.381 e. The minimum absolute atomic E-state index is 0.0216. The van der Waals surface area contributed by atoms with Crippen molar-refractivity contribution >= 4 is 32.1 Å². The monoisotopic (exact) mass is 317 g/mol. The van der Waals surface area contributed by atoms with Crippen molar-refractivity contribution in [3.8, 4) is 0 Å². The number of nitrogen functional groups attached to an aromatic ring is 1. The van der Waals surface area contributed by atoms with Crippen LogP contribution in [0.3, 0.4) is 0 Å². The van der Waals surface area contributed by atoms with E-state index < -0.39 is 10.0 Å². The van der Waals surface area contributed by atoms with E-state index >= 15 is 0 Å². The lowest BCUT2D eigenvalue weighted by molar-refractivity contribution is 0.309. The summed E-state index contributed by atoms with van der Waals surface area (Å²) in [5, 5.41) is 1.80. The van der Waals surface area contributed by atoms with Crippen LogP contribution in [0, 0.1) is 0 Å². The summed E-state index contributed by atoms with van der Waals surface area (Å²) < 4.78 is 28.7. The van der Waals surface area contributed by atoms with Gasteiger partial charge < -0.3 is 10.6 Å². The van der Waals surface area contributed by atoms with Crippen molar-refractivity contribution in [2.45, 2.75) is 18.9 Å². The number of hydrogen-bond donors (Lipinski definition) is 2. The minimum Gasteiger partial charge on any atom is -0.381 e. The second-order valence-electron chi connectivity index (χ2n) is 4.28. The van der Waals surface area contributed by atoms with Crippen LogP contribution in [0.15, 0.2) is 16.6 Å². The molecule has 0 unspecified atom stereocenters. The SMILES string of the molecule is CCN(CC)CCNS(=O)(=O)c1c(N)nc2sccn12. The molecular weight excluding hydrogens is 298 g/mol. The Morgan fingerprint density at radius 3 is 2.80 bits per heavy atom. The van der Waals surface area contributed by atoms with Crippen molar-refractivity contribution < 1.29 is 8.42 Å². The van der Waals surface area contributed by atoms with Crippen LogP contribution in [0.2, 0.25) is 0 Å². The van der Waals surface area contributed by atoms with Gasteiger partial charge >= 0.3 is 0 Å². The first-order valence-electron chi connectivity index (χ1n) is 6.42. The van der Waals surface area contributed by atoms with Gasteiger partial charge in [0.05, 0.1) is 0 Å². The van der Waals surface area contributed by atoms with E-state index in [4.69, 9.17) is 5.73 Å². The summed E-state index contributed by atoms with van der Waals surface area (Å²) in [6.07, 6.45) is 1.66. The van der Waals surface area contributed by atoms with E-state index in [-0.39, 0.29) is 10.8 Å². The maximum absolute atomic E-state index is 12.3. The number of aromatic nitrogens is 2. The van der Waals surface area contributed by atoms with Crippen LogP contribution in [0.4, 0.5) is 5.82 Å².